The van der Waals surface area contributed by atoms with Gasteiger partial charge in [-0.05, 0) is 42.3 Å². The van der Waals surface area contributed by atoms with Gasteiger partial charge in [-0.15, -0.1) is 0 Å². The maximum atomic E-state index is 12.4. The van der Waals surface area contributed by atoms with Crippen LogP contribution in [0.25, 0.3) is 11.1 Å². The van der Waals surface area contributed by atoms with Crippen LogP contribution in [0.4, 0.5) is 0 Å². The van der Waals surface area contributed by atoms with Gasteiger partial charge in [0.1, 0.15) is 5.52 Å². The quantitative estimate of drug-likeness (QED) is 0.706. The van der Waals surface area contributed by atoms with Crippen LogP contribution in [0.3, 0.4) is 0 Å². The van der Waals surface area contributed by atoms with Crippen LogP contribution in [0, 0.1) is 0 Å². The van der Waals surface area contributed by atoms with Crippen LogP contribution in [-0.4, -0.2) is 44.4 Å². The Bertz CT molecular complexity index is 992. The van der Waals surface area contributed by atoms with Gasteiger partial charge in [0, 0.05) is 18.6 Å². The van der Waals surface area contributed by atoms with E-state index in [0.29, 0.717) is 48.2 Å². The summed E-state index contributed by atoms with van der Waals surface area (Å²) in [6.45, 7) is 1.25. The number of carbonyl (C=O) groups is 1. The second-order valence-electron chi connectivity index (χ2n) is 6.69. The Kier molecular flexibility index (Phi) is 5.16. The van der Waals surface area contributed by atoms with Crippen molar-refractivity contribution in [3.8, 4) is 11.5 Å². The summed E-state index contributed by atoms with van der Waals surface area (Å²) < 4.78 is 21.8. The van der Waals surface area contributed by atoms with E-state index in [1.807, 2.05) is 18.2 Å². The molecule has 1 amide bonds. The highest BCUT2D eigenvalue weighted by atomic mass is 16.5. The second-order valence-corrected chi connectivity index (χ2v) is 6.69. The molecule has 0 saturated carbocycles. The van der Waals surface area contributed by atoms with Gasteiger partial charge in [0.15, 0.2) is 23.0 Å². The molecule has 1 aliphatic heterocycles. The lowest BCUT2D eigenvalue weighted by Gasteiger charge is -2.10. The number of nitrogens with zero attached hydrogens (tertiary/aromatic N) is 1. The molecule has 4 rings (SSSR count). The summed E-state index contributed by atoms with van der Waals surface area (Å²) in [5, 5.41) is 2.98. The molecule has 7 nitrogen and oxygen atoms in total. The van der Waals surface area contributed by atoms with Crippen molar-refractivity contribution in [1.82, 2.24) is 10.3 Å². The molecular weight excluding hydrogens is 360 g/mol. The van der Waals surface area contributed by atoms with Gasteiger partial charge >= 0.3 is 0 Å². The van der Waals surface area contributed by atoms with Crippen molar-refractivity contribution in [3.63, 3.8) is 0 Å². The van der Waals surface area contributed by atoms with Crippen LogP contribution in [0.5, 0.6) is 11.5 Å². The first kappa shape index (κ1) is 18.3. The third-order valence-electron chi connectivity index (χ3n) is 4.76. The van der Waals surface area contributed by atoms with Gasteiger partial charge < -0.3 is 23.9 Å². The van der Waals surface area contributed by atoms with E-state index >= 15 is 0 Å². The molecule has 1 saturated heterocycles. The molecule has 2 aromatic carbocycles. The number of benzene rings is 2. The molecule has 3 aromatic rings. The van der Waals surface area contributed by atoms with Crippen molar-refractivity contribution in [2.24, 2.45) is 0 Å². The second kappa shape index (κ2) is 7.90. The molecule has 1 atom stereocenters. The fourth-order valence-electron chi connectivity index (χ4n) is 3.27. The maximum absolute atomic E-state index is 12.4. The van der Waals surface area contributed by atoms with Gasteiger partial charge in [-0.2, -0.15) is 0 Å². The smallest absolute Gasteiger partial charge is 0.251 e. The fourth-order valence-corrected chi connectivity index (χ4v) is 3.27. The fraction of sp³-hybridized carbons (Fsp3) is 0.333. The third kappa shape index (κ3) is 3.80. The third-order valence-corrected chi connectivity index (χ3v) is 4.76. The van der Waals surface area contributed by atoms with Gasteiger partial charge in [0.05, 0.1) is 26.9 Å². The predicted molar refractivity (Wildman–Crippen MR) is 103 cm³/mol. The molecule has 0 spiro atoms. The molecular formula is C21H22N2O5. The van der Waals surface area contributed by atoms with Crippen LogP contribution in [0.2, 0.25) is 0 Å². The molecule has 7 heteroatoms. The number of methoxy groups -OCH3 is 2. The van der Waals surface area contributed by atoms with E-state index in [2.05, 4.69) is 10.3 Å². The highest BCUT2D eigenvalue weighted by Crippen LogP contribution is 2.29. The number of hydrogen-bond acceptors (Lipinski definition) is 6. The molecule has 1 aromatic heterocycles. The summed E-state index contributed by atoms with van der Waals surface area (Å²) in [6, 6.07) is 11.1. The molecule has 0 bridgehead atoms. The monoisotopic (exact) mass is 382 g/mol. The number of hydrogen-bond donors (Lipinski definition) is 1. The lowest BCUT2D eigenvalue weighted by molar-refractivity contribution is 0.0930. The summed E-state index contributed by atoms with van der Waals surface area (Å²) >= 11 is 0. The van der Waals surface area contributed by atoms with Crippen LogP contribution in [0.1, 0.15) is 28.2 Å². The van der Waals surface area contributed by atoms with E-state index in [1.165, 1.54) is 0 Å². The Morgan fingerprint density at radius 2 is 2.04 bits per heavy atom. The van der Waals surface area contributed by atoms with Gasteiger partial charge in [-0.1, -0.05) is 6.07 Å². The average molecular weight is 382 g/mol. The zero-order valence-corrected chi connectivity index (χ0v) is 15.9. The molecule has 0 radical (unpaired) electrons. The number of aromatic nitrogens is 1. The van der Waals surface area contributed by atoms with Crippen molar-refractivity contribution >= 4 is 17.0 Å². The summed E-state index contributed by atoms with van der Waals surface area (Å²) in [5.41, 5.74) is 2.85. The Morgan fingerprint density at radius 1 is 1.18 bits per heavy atom. The Labute approximate surface area is 162 Å². The Balaban J connectivity index is 1.52. The number of ether oxygens (including phenoxy) is 3. The number of carbonyl (C=O) groups excluding carboxylic acids is 1. The van der Waals surface area contributed by atoms with E-state index in [-0.39, 0.29) is 11.9 Å². The lowest BCUT2D eigenvalue weighted by Crippen LogP contribution is -2.34. The molecule has 28 heavy (non-hydrogen) atoms. The van der Waals surface area contributed by atoms with E-state index < -0.39 is 0 Å². The van der Waals surface area contributed by atoms with Crippen LogP contribution >= 0.6 is 0 Å². The number of nitrogens with one attached hydrogen (secondary N) is 1. The molecule has 1 unspecified atom stereocenters. The van der Waals surface area contributed by atoms with Crippen LogP contribution in [0.15, 0.2) is 40.8 Å². The number of amides is 1. The molecule has 1 aliphatic rings. The SMILES string of the molecule is COc1ccc(Cc2nc3ccc(C(=O)NC4CCOC4)cc3o2)cc1OC. The molecule has 1 N–H and O–H groups in total. The Morgan fingerprint density at radius 3 is 2.79 bits per heavy atom. The van der Waals surface area contributed by atoms with Gasteiger partial charge in [0.2, 0.25) is 0 Å². The van der Waals surface area contributed by atoms with Gasteiger partial charge in [-0.25, -0.2) is 4.98 Å². The minimum absolute atomic E-state index is 0.0681. The topological polar surface area (TPSA) is 82.8 Å². The summed E-state index contributed by atoms with van der Waals surface area (Å²) in [4.78, 5) is 16.9. The normalized spacial score (nSPS) is 16.3. The zero-order valence-electron chi connectivity index (χ0n) is 15.9. The number of fused-ring (bicyclic) bond motifs is 1. The van der Waals surface area contributed by atoms with Crippen molar-refractivity contribution < 1.29 is 23.4 Å². The molecule has 2 heterocycles. The van der Waals surface area contributed by atoms with Crippen molar-refractivity contribution in [2.45, 2.75) is 18.9 Å². The van der Waals surface area contributed by atoms with E-state index in [1.54, 1.807) is 32.4 Å². The number of oxazole rings is 1. The van der Waals surface area contributed by atoms with Crippen molar-refractivity contribution in [3.05, 3.63) is 53.4 Å². The minimum Gasteiger partial charge on any atom is -0.493 e. The molecule has 0 aliphatic carbocycles. The highest BCUT2D eigenvalue weighted by Gasteiger charge is 2.19. The summed E-state index contributed by atoms with van der Waals surface area (Å²) in [5.74, 6) is 1.78. The Hall–Kier alpha value is -3.06. The highest BCUT2D eigenvalue weighted by molar-refractivity contribution is 5.97. The van der Waals surface area contributed by atoms with E-state index in [9.17, 15) is 4.79 Å². The van der Waals surface area contributed by atoms with Crippen LogP contribution in [-0.2, 0) is 11.2 Å². The van der Waals surface area contributed by atoms with Crippen molar-refractivity contribution in [1.29, 1.82) is 0 Å². The minimum atomic E-state index is -0.129. The van der Waals surface area contributed by atoms with Crippen molar-refractivity contribution in [2.75, 3.05) is 27.4 Å². The average Bonchev–Trinajstić information content (AvgIpc) is 3.36. The standard InChI is InChI=1S/C21H22N2O5/c1-25-17-6-3-13(9-19(17)26-2)10-20-23-16-5-4-14(11-18(16)28-20)21(24)22-15-7-8-27-12-15/h3-6,9,11,15H,7-8,10,12H2,1-2H3,(H,22,24). The lowest BCUT2D eigenvalue weighted by atomic mass is 10.1. The van der Waals surface area contributed by atoms with Gasteiger partial charge in [0.25, 0.3) is 5.91 Å². The first-order valence-corrected chi connectivity index (χ1v) is 9.15. The predicted octanol–water partition coefficient (Wildman–Crippen LogP) is 2.95. The number of rotatable bonds is 6. The molecule has 1 fully saturated rings. The zero-order chi connectivity index (χ0) is 19.5. The van der Waals surface area contributed by atoms with E-state index in [0.717, 1.165) is 17.5 Å². The molecule has 146 valence electrons. The van der Waals surface area contributed by atoms with E-state index in [4.69, 9.17) is 18.6 Å². The largest absolute Gasteiger partial charge is 0.493 e. The summed E-state index contributed by atoms with van der Waals surface area (Å²) in [6.07, 6.45) is 1.35. The van der Waals surface area contributed by atoms with Gasteiger partial charge in [-0.3, -0.25) is 4.79 Å². The first-order chi connectivity index (χ1) is 13.7. The summed E-state index contributed by atoms with van der Waals surface area (Å²) in [7, 11) is 3.21. The maximum Gasteiger partial charge on any atom is 0.251 e. The first-order valence-electron chi connectivity index (χ1n) is 9.15. The van der Waals surface area contributed by atoms with Crippen LogP contribution < -0.4 is 14.8 Å².